The van der Waals surface area contributed by atoms with Crippen LogP contribution in [0.25, 0.3) is 0 Å². The minimum absolute atomic E-state index is 0.0116. The zero-order valence-corrected chi connectivity index (χ0v) is 9.38. The van der Waals surface area contributed by atoms with E-state index in [9.17, 15) is 4.79 Å². The van der Waals surface area contributed by atoms with Crippen molar-refractivity contribution in [1.82, 2.24) is 5.32 Å². The molecule has 0 aromatic heterocycles. The molecule has 0 spiro atoms. The Kier molecular flexibility index (Phi) is 4.37. The number of benzene rings is 1. The average Bonchev–Trinajstić information content (AvgIpc) is 2.29. The molecule has 1 rings (SSSR count). The van der Waals surface area contributed by atoms with Crippen LogP contribution in [-0.4, -0.2) is 13.0 Å². The Balaban J connectivity index is 2.84. The van der Waals surface area contributed by atoms with Crippen LogP contribution < -0.4 is 10.6 Å². The SMILES string of the molecule is CN/C=C(/C#N)C(=O)Nc1ccccc1Cl. The molecule has 5 heteroatoms. The van der Waals surface area contributed by atoms with Crippen molar-refractivity contribution in [2.45, 2.75) is 0 Å². The third-order valence-electron chi connectivity index (χ3n) is 1.78. The Labute approximate surface area is 98.5 Å². The molecule has 0 aliphatic carbocycles. The van der Waals surface area contributed by atoms with Crippen molar-refractivity contribution >= 4 is 23.2 Å². The molecule has 1 amide bonds. The lowest BCUT2D eigenvalue weighted by molar-refractivity contribution is -0.112. The summed E-state index contributed by atoms with van der Waals surface area (Å²) >= 11 is 5.86. The highest BCUT2D eigenvalue weighted by Crippen LogP contribution is 2.20. The first-order valence-corrected chi connectivity index (χ1v) is 4.90. The minimum Gasteiger partial charge on any atom is -0.393 e. The zero-order chi connectivity index (χ0) is 12.0. The summed E-state index contributed by atoms with van der Waals surface area (Å²) in [6.45, 7) is 0. The Morgan fingerprint density at radius 3 is 2.75 bits per heavy atom. The quantitative estimate of drug-likeness (QED) is 0.621. The Hall–Kier alpha value is -1.99. The third-order valence-corrected chi connectivity index (χ3v) is 2.11. The van der Waals surface area contributed by atoms with Crippen molar-refractivity contribution in [3.8, 4) is 6.07 Å². The van der Waals surface area contributed by atoms with E-state index in [1.807, 2.05) is 0 Å². The van der Waals surface area contributed by atoms with E-state index in [4.69, 9.17) is 16.9 Å². The van der Waals surface area contributed by atoms with Gasteiger partial charge >= 0.3 is 0 Å². The van der Waals surface area contributed by atoms with E-state index in [1.165, 1.54) is 6.20 Å². The second-order valence-electron chi connectivity index (χ2n) is 2.89. The number of carbonyl (C=O) groups is 1. The highest BCUT2D eigenvalue weighted by molar-refractivity contribution is 6.33. The molecule has 0 unspecified atom stereocenters. The molecule has 0 atom stereocenters. The molecule has 0 bridgehead atoms. The predicted octanol–water partition coefficient (Wildman–Crippen LogP) is 1.91. The Bertz CT molecular complexity index is 463. The number of hydrogen-bond acceptors (Lipinski definition) is 3. The summed E-state index contributed by atoms with van der Waals surface area (Å²) in [7, 11) is 1.61. The number of carbonyl (C=O) groups excluding carboxylic acids is 1. The van der Waals surface area contributed by atoms with E-state index < -0.39 is 5.91 Å². The van der Waals surface area contributed by atoms with Crippen molar-refractivity contribution in [3.05, 3.63) is 41.1 Å². The summed E-state index contributed by atoms with van der Waals surface area (Å²) in [4.78, 5) is 11.6. The fourth-order valence-electron chi connectivity index (χ4n) is 1.05. The van der Waals surface area contributed by atoms with E-state index in [0.717, 1.165) is 0 Å². The second kappa shape index (κ2) is 5.79. The zero-order valence-electron chi connectivity index (χ0n) is 8.62. The van der Waals surface area contributed by atoms with Gasteiger partial charge in [-0.05, 0) is 12.1 Å². The highest BCUT2D eigenvalue weighted by atomic mass is 35.5. The summed E-state index contributed by atoms with van der Waals surface area (Å²) < 4.78 is 0. The molecular formula is C11H10ClN3O. The molecule has 0 aliphatic heterocycles. The number of rotatable bonds is 3. The lowest BCUT2D eigenvalue weighted by Gasteiger charge is -2.05. The Morgan fingerprint density at radius 2 is 2.19 bits per heavy atom. The number of nitrogens with one attached hydrogen (secondary N) is 2. The molecule has 0 heterocycles. The van der Waals surface area contributed by atoms with Gasteiger partial charge in [-0.3, -0.25) is 4.79 Å². The number of nitriles is 1. The molecule has 1 aromatic rings. The summed E-state index contributed by atoms with van der Waals surface area (Å²) in [5, 5.41) is 14.3. The van der Waals surface area contributed by atoms with Crippen molar-refractivity contribution in [2.24, 2.45) is 0 Å². The van der Waals surface area contributed by atoms with Crippen LogP contribution in [0.2, 0.25) is 5.02 Å². The molecule has 4 nitrogen and oxygen atoms in total. The fourth-order valence-corrected chi connectivity index (χ4v) is 1.23. The number of amides is 1. The maximum absolute atomic E-state index is 11.6. The van der Waals surface area contributed by atoms with Gasteiger partial charge in [-0.15, -0.1) is 0 Å². The van der Waals surface area contributed by atoms with Gasteiger partial charge in [0, 0.05) is 13.2 Å². The van der Waals surface area contributed by atoms with Crippen molar-refractivity contribution in [2.75, 3.05) is 12.4 Å². The van der Waals surface area contributed by atoms with Crippen LogP contribution in [0.5, 0.6) is 0 Å². The smallest absolute Gasteiger partial charge is 0.267 e. The maximum atomic E-state index is 11.6. The van der Waals surface area contributed by atoms with Crippen molar-refractivity contribution in [1.29, 1.82) is 5.26 Å². The van der Waals surface area contributed by atoms with Gasteiger partial charge in [-0.1, -0.05) is 23.7 Å². The number of nitrogens with zero attached hydrogens (tertiary/aromatic N) is 1. The van der Waals surface area contributed by atoms with Crippen LogP contribution in [-0.2, 0) is 4.79 Å². The molecule has 82 valence electrons. The average molecular weight is 236 g/mol. The third kappa shape index (κ3) is 3.01. The molecule has 2 N–H and O–H groups in total. The number of para-hydroxylation sites is 1. The van der Waals surface area contributed by atoms with Crippen molar-refractivity contribution in [3.63, 3.8) is 0 Å². The van der Waals surface area contributed by atoms with Gasteiger partial charge in [0.15, 0.2) is 0 Å². The van der Waals surface area contributed by atoms with Crippen LogP contribution in [0, 0.1) is 11.3 Å². The summed E-state index contributed by atoms with van der Waals surface area (Å²) in [6.07, 6.45) is 1.33. The first-order chi connectivity index (χ1) is 7.69. The van der Waals surface area contributed by atoms with Gasteiger partial charge in [-0.25, -0.2) is 0 Å². The normalized spacial score (nSPS) is 10.4. The summed E-state index contributed by atoms with van der Waals surface area (Å²) in [5.41, 5.74) is 0.467. The first-order valence-electron chi connectivity index (χ1n) is 4.52. The number of halogens is 1. The molecule has 1 aromatic carbocycles. The molecule has 0 aliphatic rings. The number of anilines is 1. The fraction of sp³-hybridized carbons (Fsp3) is 0.0909. The summed E-state index contributed by atoms with van der Waals surface area (Å²) in [6, 6.07) is 8.61. The van der Waals surface area contributed by atoms with Gasteiger partial charge in [0.2, 0.25) is 0 Å². The largest absolute Gasteiger partial charge is 0.393 e. The molecule has 0 radical (unpaired) electrons. The first kappa shape index (κ1) is 12.1. The van der Waals surface area contributed by atoms with Crippen LogP contribution >= 0.6 is 11.6 Å². The lowest BCUT2D eigenvalue weighted by atomic mass is 10.2. The van der Waals surface area contributed by atoms with E-state index in [0.29, 0.717) is 10.7 Å². The topological polar surface area (TPSA) is 64.9 Å². The van der Waals surface area contributed by atoms with Gasteiger partial charge in [0.25, 0.3) is 5.91 Å². The van der Waals surface area contributed by atoms with Crippen molar-refractivity contribution < 1.29 is 4.79 Å². The minimum atomic E-state index is -0.495. The van der Waals surface area contributed by atoms with Gasteiger partial charge in [-0.2, -0.15) is 5.26 Å². The van der Waals surface area contributed by atoms with Crippen LogP contribution in [0.3, 0.4) is 0 Å². The van der Waals surface area contributed by atoms with Gasteiger partial charge in [0.1, 0.15) is 11.6 Å². The Morgan fingerprint density at radius 1 is 1.50 bits per heavy atom. The van der Waals surface area contributed by atoms with Crippen LogP contribution in [0.1, 0.15) is 0 Å². The predicted molar refractivity (Wildman–Crippen MR) is 62.8 cm³/mol. The van der Waals surface area contributed by atoms with E-state index in [1.54, 1.807) is 37.4 Å². The summed E-state index contributed by atoms with van der Waals surface area (Å²) in [5.74, 6) is -0.495. The molecule has 0 saturated heterocycles. The highest BCUT2D eigenvalue weighted by Gasteiger charge is 2.10. The van der Waals surface area contributed by atoms with Gasteiger partial charge in [0.05, 0.1) is 10.7 Å². The second-order valence-corrected chi connectivity index (χ2v) is 3.30. The lowest BCUT2D eigenvalue weighted by Crippen LogP contribution is -2.15. The molecule has 0 saturated carbocycles. The molecule has 0 fully saturated rings. The van der Waals surface area contributed by atoms with E-state index in [2.05, 4.69) is 10.6 Å². The van der Waals surface area contributed by atoms with E-state index in [-0.39, 0.29) is 5.57 Å². The number of hydrogen-bond donors (Lipinski definition) is 2. The standard InChI is InChI=1S/C11H10ClN3O/c1-14-7-8(6-13)11(16)15-10-5-3-2-4-9(10)12/h2-5,7,14H,1H3,(H,15,16)/b8-7-. The molecular weight excluding hydrogens is 226 g/mol. The van der Waals surface area contributed by atoms with Gasteiger partial charge < -0.3 is 10.6 Å². The van der Waals surface area contributed by atoms with E-state index >= 15 is 0 Å². The molecule has 16 heavy (non-hydrogen) atoms. The van der Waals surface area contributed by atoms with Crippen LogP contribution in [0.15, 0.2) is 36.0 Å². The monoisotopic (exact) mass is 235 g/mol. The maximum Gasteiger partial charge on any atom is 0.267 e. The van der Waals surface area contributed by atoms with Crippen LogP contribution in [0.4, 0.5) is 5.69 Å².